The highest BCUT2D eigenvalue weighted by Crippen LogP contribution is 2.39. The van der Waals surface area contributed by atoms with Crippen LogP contribution in [0, 0.1) is 18.3 Å². The molecule has 0 unspecified atom stereocenters. The van der Waals surface area contributed by atoms with Crippen molar-refractivity contribution in [3.8, 4) is 34.8 Å². The Kier molecular flexibility index (Phi) is 7.79. The van der Waals surface area contributed by atoms with E-state index in [0.717, 1.165) is 29.1 Å². The van der Waals surface area contributed by atoms with Gasteiger partial charge >= 0.3 is 0 Å². The van der Waals surface area contributed by atoms with E-state index in [9.17, 15) is 5.26 Å². The van der Waals surface area contributed by atoms with E-state index < -0.39 is 0 Å². The van der Waals surface area contributed by atoms with Gasteiger partial charge in [-0.25, -0.2) is 0 Å². The number of benzene rings is 2. The van der Waals surface area contributed by atoms with E-state index in [1.165, 1.54) is 11.9 Å². The summed E-state index contributed by atoms with van der Waals surface area (Å²) < 4.78 is 22.8. The Balaban J connectivity index is 1.68. The number of ether oxygens (including phenoxy) is 2. The van der Waals surface area contributed by atoms with E-state index in [1.54, 1.807) is 14.2 Å². The number of para-hydroxylation sites is 1. The predicted molar refractivity (Wildman–Crippen MR) is 147 cm³/mol. The second kappa shape index (κ2) is 11.0. The number of hydrogen-bond acceptors (Lipinski definition) is 8. The Morgan fingerprint density at radius 3 is 2.41 bits per heavy atom. The number of furan rings is 1. The normalized spacial score (nSPS) is 11.3. The van der Waals surface area contributed by atoms with Crippen molar-refractivity contribution in [1.82, 2.24) is 14.8 Å². The third-order valence-corrected chi connectivity index (χ3v) is 6.61. The van der Waals surface area contributed by atoms with Gasteiger partial charge in [-0.05, 0) is 66.8 Å². The number of anilines is 1. The Morgan fingerprint density at radius 2 is 1.78 bits per heavy atom. The maximum Gasteiger partial charge on any atom is 0.239 e. The fourth-order valence-electron chi connectivity index (χ4n) is 3.92. The van der Waals surface area contributed by atoms with Gasteiger partial charge in [-0.2, -0.15) is 5.26 Å². The van der Waals surface area contributed by atoms with Crippen LogP contribution in [0.2, 0.25) is 0 Å². The second-order valence-electron chi connectivity index (χ2n) is 9.58. The number of nitrogens with one attached hydrogen (secondary N) is 1. The predicted octanol–water partition coefficient (Wildman–Crippen LogP) is 6.32. The van der Waals surface area contributed by atoms with E-state index in [0.29, 0.717) is 40.3 Å². The van der Waals surface area contributed by atoms with Gasteiger partial charge in [-0.1, -0.05) is 39.0 Å². The minimum absolute atomic E-state index is 0.152. The molecule has 2 aromatic heterocycles. The molecule has 0 spiro atoms. The van der Waals surface area contributed by atoms with Crippen molar-refractivity contribution in [1.29, 1.82) is 5.26 Å². The van der Waals surface area contributed by atoms with Crippen LogP contribution in [-0.4, -0.2) is 34.7 Å². The maximum absolute atomic E-state index is 9.47. The summed E-state index contributed by atoms with van der Waals surface area (Å²) in [5.41, 5.74) is 3.30. The first-order valence-electron chi connectivity index (χ1n) is 11.9. The van der Waals surface area contributed by atoms with Crippen molar-refractivity contribution in [2.45, 2.75) is 39.5 Å². The van der Waals surface area contributed by atoms with Gasteiger partial charge in [0, 0.05) is 11.2 Å². The molecule has 0 radical (unpaired) electrons. The smallest absolute Gasteiger partial charge is 0.239 e. The van der Waals surface area contributed by atoms with Crippen LogP contribution in [-0.2, 0) is 11.8 Å². The molecule has 2 heterocycles. The molecule has 0 saturated heterocycles. The lowest BCUT2D eigenvalue weighted by atomic mass is 9.94. The van der Waals surface area contributed by atoms with Crippen molar-refractivity contribution < 1.29 is 13.9 Å². The lowest BCUT2D eigenvalue weighted by Gasteiger charge is -2.17. The van der Waals surface area contributed by atoms with Gasteiger partial charge in [0.15, 0.2) is 5.76 Å². The van der Waals surface area contributed by atoms with Gasteiger partial charge in [-0.15, -0.1) is 10.2 Å². The van der Waals surface area contributed by atoms with Crippen molar-refractivity contribution in [3.63, 3.8) is 0 Å². The van der Waals surface area contributed by atoms with Crippen LogP contribution in [0.3, 0.4) is 0 Å². The summed E-state index contributed by atoms with van der Waals surface area (Å²) in [4.78, 5) is 0. The molecule has 4 rings (SSSR count). The van der Waals surface area contributed by atoms with Crippen LogP contribution in [0.5, 0.6) is 11.5 Å². The maximum atomic E-state index is 9.47. The average molecular weight is 518 g/mol. The number of hydrogen-bond donors (Lipinski definition) is 1. The van der Waals surface area contributed by atoms with Gasteiger partial charge in [0.2, 0.25) is 11.8 Å². The molecular weight excluding hydrogens is 486 g/mol. The number of rotatable bonds is 9. The first-order chi connectivity index (χ1) is 17.8. The summed E-state index contributed by atoms with van der Waals surface area (Å²) in [7, 11) is 3.23. The van der Waals surface area contributed by atoms with Crippen molar-refractivity contribution in [2.75, 3.05) is 24.7 Å². The monoisotopic (exact) mass is 517 g/mol. The van der Waals surface area contributed by atoms with Crippen LogP contribution in [0.15, 0.2) is 52.9 Å². The molecular formula is C28H31N5O3S. The number of aryl methyl sites for hydroxylation is 2. The molecule has 4 aromatic rings. The Morgan fingerprint density at radius 1 is 1.05 bits per heavy atom. The summed E-state index contributed by atoms with van der Waals surface area (Å²) in [5.74, 6) is 4.38. The zero-order chi connectivity index (χ0) is 26.6. The molecule has 9 heteroatoms. The minimum Gasteiger partial charge on any atom is -0.494 e. The van der Waals surface area contributed by atoms with Crippen LogP contribution in [0.25, 0.3) is 17.3 Å². The Hall–Kier alpha value is -3.90. The molecule has 0 aliphatic rings. The van der Waals surface area contributed by atoms with E-state index in [-0.39, 0.29) is 5.41 Å². The first-order valence-corrected chi connectivity index (χ1v) is 12.9. The van der Waals surface area contributed by atoms with Crippen LogP contribution in [0.1, 0.15) is 43.2 Å². The lowest BCUT2D eigenvalue weighted by Crippen LogP contribution is -2.09. The molecule has 0 fully saturated rings. The Bertz CT molecular complexity index is 1410. The van der Waals surface area contributed by atoms with Crippen LogP contribution in [0.4, 0.5) is 5.95 Å². The van der Waals surface area contributed by atoms with Gasteiger partial charge in [0.05, 0.1) is 25.9 Å². The molecule has 0 amide bonds. The number of aromatic nitrogens is 3. The summed E-state index contributed by atoms with van der Waals surface area (Å²) in [6.07, 6.45) is 0.729. The third kappa shape index (κ3) is 5.59. The summed E-state index contributed by atoms with van der Waals surface area (Å²) >= 11 is 1.48. The van der Waals surface area contributed by atoms with Crippen molar-refractivity contribution >= 4 is 17.9 Å². The number of methoxy groups -OCH3 is 2. The van der Waals surface area contributed by atoms with E-state index in [1.807, 2.05) is 60.0 Å². The second-order valence-corrected chi connectivity index (χ2v) is 10.5. The highest BCUT2D eigenvalue weighted by atomic mass is 32.2. The first kappa shape index (κ1) is 26.2. The molecule has 2 aromatic carbocycles. The molecule has 0 saturated carbocycles. The van der Waals surface area contributed by atoms with Crippen LogP contribution >= 0.6 is 11.9 Å². The SMILES string of the molecule is COc1cccc(OC)c1-n1c(NSCCc2ccc(C)cc2C#N)nnc1-c1ccc(C(C)(C)C)o1. The van der Waals surface area contributed by atoms with E-state index >= 15 is 0 Å². The number of nitriles is 1. The fraction of sp³-hybridized carbons (Fsp3) is 0.321. The summed E-state index contributed by atoms with van der Waals surface area (Å²) in [6, 6.07) is 17.7. The minimum atomic E-state index is -0.152. The van der Waals surface area contributed by atoms with Gasteiger partial charge in [0.1, 0.15) is 22.9 Å². The van der Waals surface area contributed by atoms with Gasteiger partial charge < -0.3 is 13.9 Å². The summed E-state index contributed by atoms with van der Waals surface area (Å²) in [5, 5.41) is 18.4. The van der Waals surface area contributed by atoms with Crippen LogP contribution < -0.4 is 14.2 Å². The molecule has 37 heavy (non-hydrogen) atoms. The Labute approximate surface area is 221 Å². The molecule has 0 aliphatic heterocycles. The molecule has 192 valence electrons. The topological polar surface area (TPSA) is 98.1 Å². The fourth-order valence-corrected chi connectivity index (χ4v) is 4.61. The van der Waals surface area contributed by atoms with Gasteiger partial charge in [-0.3, -0.25) is 9.29 Å². The van der Waals surface area contributed by atoms with Gasteiger partial charge in [0.25, 0.3) is 0 Å². The standard InChI is InChI=1S/C28H31N5O3S/c1-18-10-11-19(20(16-18)17-29)14-15-37-32-27-31-30-26(23-12-13-24(36-23)28(2,3)4)33(27)25-21(34-5)8-7-9-22(25)35-6/h7-13,16H,14-15H2,1-6H3,(H,31,32). The highest BCUT2D eigenvalue weighted by Gasteiger charge is 2.26. The molecule has 0 aliphatic carbocycles. The summed E-state index contributed by atoms with van der Waals surface area (Å²) in [6.45, 7) is 8.28. The van der Waals surface area contributed by atoms with Crippen molar-refractivity contribution in [3.05, 3.63) is 71.0 Å². The molecule has 1 N–H and O–H groups in total. The number of nitrogens with zero attached hydrogens (tertiary/aromatic N) is 4. The largest absolute Gasteiger partial charge is 0.494 e. The quantitative estimate of drug-likeness (QED) is 0.203. The highest BCUT2D eigenvalue weighted by molar-refractivity contribution is 8.00. The average Bonchev–Trinajstić information content (AvgIpc) is 3.54. The molecule has 0 atom stereocenters. The van der Waals surface area contributed by atoms with Crippen molar-refractivity contribution in [2.24, 2.45) is 0 Å². The van der Waals surface area contributed by atoms with E-state index in [4.69, 9.17) is 13.9 Å². The zero-order valence-electron chi connectivity index (χ0n) is 22.0. The van der Waals surface area contributed by atoms with E-state index in [2.05, 4.69) is 41.8 Å². The lowest BCUT2D eigenvalue weighted by molar-refractivity contribution is 0.390. The molecule has 8 nitrogen and oxygen atoms in total. The third-order valence-electron chi connectivity index (χ3n) is 5.88. The molecule has 0 bridgehead atoms. The zero-order valence-corrected chi connectivity index (χ0v) is 22.8.